The van der Waals surface area contributed by atoms with Gasteiger partial charge in [-0.05, 0) is 41.4 Å². The fourth-order valence-corrected chi connectivity index (χ4v) is 5.37. The fourth-order valence-electron chi connectivity index (χ4n) is 3.06. The van der Waals surface area contributed by atoms with Gasteiger partial charge < -0.3 is 5.32 Å². The number of amides is 1. The number of nitrogens with one attached hydrogen (secondary N) is 1. The SMILES string of the molecule is O=C(CSc1nc2ccsc2c(=O)n1CCc1cccs1)Nc1ccccc1C(F)(F)F. The summed E-state index contributed by atoms with van der Waals surface area (Å²) in [5, 5.41) is 6.41. The van der Waals surface area contributed by atoms with Crippen molar-refractivity contribution in [1.29, 1.82) is 0 Å². The summed E-state index contributed by atoms with van der Waals surface area (Å²) in [7, 11) is 0. The number of fused-ring (bicyclic) bond motifs is 1. The number of hydrogen-bond donors (Lipinski definition) is 1. The molecule has 4 rings (SSSR count). The normalized spacial score (nSPS) is 11.7. The summed E-state index contributed by atoms with van der Waals surface area (Å²) in [4.78, 5) is 31.0. The smallest absolute Gasteiger partial charge is 0.325 e. The summed E-state index contributed by atoms with van der Waals surface area (Å²) in [6.07, 6.45) is -3.94. The molecule has 0 atom stereocenters. The van der Waals surface area contributed by atoms with E-state index in [1.54, 1.807) is 22.8 Å². The van der Waals surface area contributed by atoms with Crippen molar-refractivity contribution in [2.45, 2.75) is 24.3 Å². The first kappa shape index (κ1) is 22.6. The van der Waals surface area contributed by atoms with Gasteiger partial charge in [-0.3, -0.25) is 14.2 Å². The number of hydrogen-bond acceptors (Lipinski definition) is 6. The molecule has 32 heavy (non-hydrogen) atoms. The van der Waals surface area contributed by atoms with E-state index in [9.17, 15) is 22.8 Å². The molecule has 3 aromatic heterocycles. The number of carbonyl (C=O) groups is 1. The number of para-hydroxylation sites is 1. The third-order valence-corrected chi connectivity index (χ3v) is 7.34. The molecule has 1 amide bonds. The minimum atomic E-state index is -4.58. The number of aromatic nitrogens is 2. The molecule has 0 saturated carbocycles. The van der Waals surface area contributed by atoms with Crippen LogP contribution in [0.4, 0.5) is 18.9 Å². The third-order valence-electron chi connectivity index (χ3n) is 4.53. The van der Waals surface area contributed by atoms with Crippen molar-refractivity contribution >= 4 is 56.2 Å². The first-order chi connectivity index (χ1) is 15.3. The highest BCUT2D eigenvalue weighted by molar-refractivity contribution is 7.99. The van der Waals surface area contributed by atoms with Crippen LogP contribution in [0.5, 0.6) is 0 Å². The van der Waals surface area contributed by atoms with Crippen LogP contribution in [0.1, 0.15) is 10.4 Å². The lowest BCUT2D eigenvalue weighted by Gasteiger charge is -2.14. The second kappa shape index (κ2) is 9.47. The third kappa shape index (κ3) is 5.05. The Labute approximate surface area is 192 Å². The summed E-state index contributed by atoms with van der Waals surface area (Å²) in [6.45, 7) is 0.390. The summed E-state index contributed by atoms with van der Waals surface area (Å²) in [5.74, 6) is -0.802. The number of benzene rings is 1. The first-order valence-corrected chi connectivity index (χ1v) is 12.2. The topological polar surface area (TPSA) is 64.0 Å². The van der Waals surface area contributed by atoms with E-state index in [1.165, 1.54) is 34.1 Å². The van der Waals surface area contributed by atoms with E-state index in [2.05, 4.69) is 10.3 Å². The molecule has 0 saturated heterocycles. The Hall–Kier alpha value is -2.63. The Kier molecular flexibility index (Phi) is 6.68. The Morgan fingerprint density at radius 2 is 1.91 bits per heavy atom. The van der Waals surface area contributed by atoms with E-state index < -0.39 is 17.6 Å². The molecule has 5 nitrogen and oxygen atoms in total. The highest BCUT2D eigenvalue weighted by Crippen LogP contribution is 2.34. The molecular formula is C21H16F3N3O2S3. The van der Waals surface area contributed by atoms with Gasteiger partial charge in [0.1, 0.15) is 4.70 Å². The second-order valence-electron chi connectivity index (χ2n) is 6.70. The molecule has 0 aliphatic carbocycles. The lowest BCUT2D eigenvalue weighted by atomic mass is 10.1. The highest BCUT2D eigenvalue weighted by atomic mass is 32.2. The van der Waals surface area contributed by atoms with Crippen LogP contribution in [-0.4, -0.2) is 21.2 Å². The predicted molar refractivity (Wildman–Crippen MR) is 123 cm³/mol. The van der Waals surface area contributed by atoms with Gasteiger partial charge in [0.05, 0.1) is 22.5 Å². The van der Waals surface area contributed by atoms with E-state index in [1.807, 2.05) is 17.5 Å². The van der Waals surface area contributed by atoms with Gasteiger partial charge in [0.15, 0.2) is 5.16 Å². The molecule has 0 fully saturated rings. The molecule has 1 aromatic carbocycles. The molecule has 0 bridgehead atoms. The number of alkyl halides is 3. The van der Waals surface area contributed by atoms with Crippen molar-refractivity contribution in [3.05, 3.63) is 74.0 Å². The number of thioether (sulfide) groups is 1. The molecule has 0 spiro atoms. The van der Waals surface area contributed by atoms with Gasteiger partial charge >= 0.3 is 6.18 Å². The van der Waals surface area contributed by atoms with E-state index in [-0.39, 0.29) is 17.0 Å². The van der Waals surface area contributed by atoms with Gasteiger partial charge in [-0.1, -0.05) is 30.0 Å². The van der Waals surface area contributed by atoms with Crippen LogP contribution in [0.15, 0.2) is 63.2 Å². The highest BCUT2D eigenvalue weighted by Gasteiger charge is 2.33. The van der Waals surface area contributed by atoms with Crippen molar-refractivity contribution in [1.82, 2.24) is 9.55 Å². The molecule has 11 heteroatoms. The van der Waals surface area contributed by atoms with Crippen LogP contribution in [0.2, 0.25) is 0 Å². The molecule has 4 aromatic rings. The molecular weight excluding hydrogens is 479 g/mol. The molecule has 0 aliphatic heterocycles. The van der Waals surface area contributed by atoms with Crippen molar-refractivity contribution in [3.63, 3.8) is 0 Å². The largest absolute Gasteiger partial charge is 0.418 e. The molecule has 0 unspecified atom stereocenters. The van der Waals surface area contributed by atoms with Crippen LogP contribution >= 0.6 is 34.4 Å². The zero-order valence-corrected chi connectivity index (χ0v) is 18.8. The summed E-state index contributed by atoms with van der Waals surface area (Å²) >= 11 is 3.91. The number of thiophene rings is 2. The number of nitrogens with zero attached hydrogens (tertiary/aromatic N) is 2. The van der Waals surface area contributed by atoms with E-state index in [0.29, 0.717) is 28.3 Å². The molecule has 0 aliphatic rings. The maximum atomic E-state index is 13.2. The molecule has 0 radical (unpaired) electrons. The zero-order chi connectivity index (χ0) is 22.7. The predicted octanol–water partition coefficient (Wildman–Crippen LogP) is 5.51. The van der Waals surface area contributed by atoms with Crippen LogP contribution in [0.3, 0.4) is 0 Å². The number of rotatable bonds is 7. The lowest BCUT2D eigenvalue weighted by Crippen LogP contribution is -2.24. The Morgan fingerprint density at radius 1 is 1.09 bits per heavy atom. The monoisotopic (exact) mass is 495 g/mol. The van der Waals surface area contributed by atoms with Gasteiger partial charge in [-0.2, -0.15) is 13.2 Å². The van der Waals surface area contributed by atoms with E-state index in [0.717, 1.165) is 22.7 Å². The van der Waals surface area contributed by atoms with Gasteiger partial charge in [0.25, 0.3) is 5.56 Å². The molecule has 1 N–H and O–H groups in total. The van der Waals surface area contributed by atoms with Crippen LogP contribution < -0.4 is 10.9 Å². The summed E-state index contributed by atoms with van der Waals surface area (Å²) in [6, 6.07) is 10.4. The Morgan fingerprint density at radius 3 is 2.66 bits per heavy atom. The minimum Gasteiger partial charge on any atom is -0.325 e. The minimum absolute atomic E-state index is 0.187. The van der Waals surface area contributed by atoms with E-state index >= 15 is 0 Å². The van der Waals surface area contributed by atoms with Gasteiger partial charge in [0.2, 0.25) is 5.91 Å². The van der Waals surface area contributed by atoms with Crippen LogP contribution in [0.25, 0.3) is 10.2 Å². The molecule has 3 heterocycles. The average molecular weight is 496 g/mol. The standard InChI is InChI=1S/C21H16F3N3O2S3/c22-21(23,24)14-5-1-2-6-15(14)25-17(28)12-32-20-26-16-8-11-31-18(16)19(29)27(20)9-7-13-4-3-10-30-13/h1-6,8,10-11H,7,9,12H2,(H,25,28). The van der Waals surface area contributed by atoms with E-state index in [4.69, 9.17) is 0 Å². The number of halogens is 3. The number of anilines is 1. The first-order valence-electron chi connectivity index (χ1n) is 9.42. The zero-order valence-electron chi connectivity index (χ0n) is 16.4. The van der Waals surface area contributed by atoms with Gasteiger partial charge in [-0.25, -0.2) is 4.98 Å². The second-order valence-corrected chi connectivity index (χ2v) is 9.59. The van der Waals surface area contributed by atoms with Crippen molar-refractivity contribution in [3.8, 4) is 0 Å². The van der Waals surface area contributed by atoms with Gasteiger partial charge in [0, 0.05) is 11.4 Å². The van der Waals surface area contributed by atoms with Crippen molar-refractivity contribution < 1.29 is 18.0 Å². The van der Waals surface area contributed by atoms with Crippen molar-refractivity contribution in [2.24, 2.45) is 0 Å². The maximum absolute atomic E-state index is 13.2. The quantitative estimate of drug-likeness (QED) is 0.271. The number of carbonyl (C=O) groups excluding carboxylic acids is 1. The van der Waals surface area contributed by atoms with Crippen molar-refractivity contribution in [2.75, 3.05) is 11.1 Å². The van der Waals surface area contributed by atoms with Gasteiger partial charge in [-0.15, -0.1) is 22.7 Å². The summed E-state index contributed by atoms with van der Waals surface area (Å²) < 4.78 is 41.5. The summed E-state index contributed by atoms with van der Waals surface area (Å²) in [5.41, 5.74) is -0.865. The average Bonchev–Trinajstić information content (AvgIpc) is 3.43. The number of aryl methyl sites for hydroxylation is 1. The fraction of sp³-hybridized carbons (Fsp3) is 0.190. The Bertz CT molecular complexity index is 1300. The Balaban J connectivity index is 1.53. The van der Waals surface area contributed by atoms with Crippen LogP contribution in [0, 0.1) is 0 Å². The lowest BCUT2D eigenvalue weighted by molar-refractivity contribution is -0.137. The molecule has 166 valence electrons. The van der Waals surface area contributed by atoms with Crippen LogP contribution in [-0.2, 0) is 23.9 Å². The maximum Gasteiger partial charge on any atom is 0.418 e.